The highest BCUT2D eigenvalue weighted by atomic mass is 79.9. The summed E-state index contributed by atoms with van der Waals surface area (Å²) in [4.78, 5) is 27.4. The molecule has 1 aliphatic heterocycles. The Morgan fingerprint density at radius 3 is 2.62 bits per heavy atom. The Hall–Kier alpha value is -2.49. The number of carbonyl (C=O) groups is 2. The highest BCUT2D eigenvalue weighted by molar-refractivity contribution is 9.10. The zero-order valence-corrected chi connectivity index (χ0v) is 20.3. The summed E-state index contributed by atoms with van der Waals surface area (Å²) in [6.07, 6.45) is 3.23. The van der Waals surface area contributed by atoms with Crippen molar-refractivity contribution in [2.24, 2.45) is 0 Å². The van der Waals surface area contributed by atoms with E-state index >= 15 is 0 Å². The molecule has 0 aromatic heterocycles. The molecule has 1 fully saturated rings. The number of nitrogens with one attached hydrogen (secondary N) is 2. The molecule has 3 rings (SSSR count). The minimum atomic E-state index is -0.406. The first-order chi connectivity index (χ1) is 15.5. The molecule has 0 bridgehead atoms. The van der Waals surface area contributed by atoms with Gasteiger partial charge in [-0.05, 0) is 67.9 Å². The molecule has 32 heavy (non-hydrogen) atoms. The average molecular weight is 520 g/mol. The molecule has 1 aliphatic rings. The maximum absolute atomic E-state index is 12.8. The van der Waals surface area contributed by atoms with Gasteiger partial charge in [0.1, 0.15) is 12.4 Å². The van der Waals surface area contributed by atoms with Crippen LogP contribution in [-0.2, 0) is 4.74 Å². The smallest absolute Gasteiger partial charge is 0.261 e. The second-order valence-corrected chi connectivity index (χ2v) is 8.65. The lowest BCUT2D eigenvalue weighted by Gasteiger charge is -2.26. The summed E-state index contributed by atoms with van der Waals surface area (Å²) in [6.45, 7) is 2.29. The summed E-state index contributed by atoms with van der Waals surface area (Å²) < 4.78 is 11.4. The largest absolute Gasteiger partial charge is 0.490 e. The number of hydrogen-bond donors (Lipinski definition) is 2. The second kappa shape index (κ2) is 11.9. The molecular weight excluding hydrogens is 494 g/mol. The summed E-state index contributed by atoms with van der Waals surface area (Å²) >= 11 is 8.69. The van der Waals surface area contributed by atoms with Gasteiger partial charge in [0.15, 0.2) is 5.11 Å². The number of hydrogen-bond acceptors (Lipinski definition) is 5. The van der Waals surface area contributed by atoms with Crippen molar-refractivity contribution in [1.29, 1.82) is 0 Å². The predicted molar refractivity (Wildman–Crippen MR) is 131 cm³/mol. The summed E-state index contributed by atoms with van der Waals surface area (Å²) in [5.74, 6) is 0.0340. The van der Waals surface area contributed by atoms with Crippen LogP contribution in [0.3, 0.4) is 0 Å². The van der Waals surface area contributed by atoms with Crippen molar-refractivity contribution in [2.45, 2.75) is 19.3 Å². The van der Waals surface area contributed by atoms with E-state index in [4.69, 9.17) is 21.7 Å². The molecule has 0 saturated carbocycles. The molecule has 7 nitrogen and oxygen atoms in total. The lowest BCUT2D eigenvalue weighted by atomic mass is 10.1. The topological polar surface area (TPSA) is 79.9 Å². The molecule has 170 valence electrons. The lowest BCUT2D eigenvalue weighted by Crippen LogP contribution is -2.36. The number of amides is 2. The summed E-state index contributed by atoms with van der Waals surface area (Å²) in [6, 6.07) is 12.3. The van der Waals surface area contributed by atoms with Gasteiger partial charge >= 0.3 is 0 Å². The van der Waals surface area contributed by atoms with E-state index in [1.807, 2.05) is 4.90 Å². The molecule has 0 unspecified atom stereocenters. The number of carbonyl (C=O) groups excluding carboxylic acids is 2. The van der Waals surface area contributed by atoms with Crippen molar-refractivity contribution in [3.05, 3.63) is 58.1 Å². The van der Waals surface area contributed by atoms with Gasteiger partial charge in [0, 0.05) is 35.9 Å². The van der Waals surface area contributed by atoms with E-state index in [2.05, 4.69) is 26.6 Å². The monoisotopic (exact) mass is 519 g/mol. The maximum atomic E-state index is 12.8. The minimum Gasteiger partial charge on any atom is -0.490 e. The molecule has 2 aromatic rings. The summed E-state index contributed by atoms with van der Waals surface area (Å²) in [7, 11) is 1.58. The Morgan fingerprint density at radius 2 is 1.88 bits per heavy atom. The first kappa shape index (κ1) is 24.2. The molecule has 2 N–H and O–H groups in total. The van der Waals surface area contributed by atoms with E-state index in [1.54, 1.807) is 49.6 Å². The highest BCUT2D eigenvalue weighted by Gasteiger charge is 2.19. The van der Waals surface area contributed by atoms with Crippen molar-refractivity contribution in [1.82, 2.24) is 10.2 Å². The molecule has 0 spiro atoms. The second-order valence-electron chi connectivity index (χ2n) is 7.32. The zero-order chi connectivity index (χ0) is 22.9. The quantitative estimate of drug-likeness (QED) is 0.421. The molecule has 0 aliphatic carbocycles. The Morgan fingerprint density at radius 1 is 1.09 bits per heavy atom. The van der Waals surface area contributed by atoms with Crippen molar-refractivity contribution in [3.8, 4) is 5.75 Å². The van der Waals surface area contributed by atoms with Gasteiger partial charge in [-0.3, -0.25) is 14.9 Å². The molecule has 0 radical (unpaired) electrons. The van der Waals surface area contributed by atoms with E-state index in [0.29, 0.717) is 35.8 Å². The number of anilines is 1. The van der Waals surface area contributed by atoms with Gasteiger partial charge in [-0.1, -0.05) is 22.0 Å². The van der Waals surface area contributed by atoms with Gasteiger partial charge < -0.3 is 19.7 Å². The van der Waals surface area contributed by atoms with Crippen LogP contribution >= 0.6 is 28.1 Å². The predicted octanol–water partition coefficient (Wildman–Crippen LogP) is 4.23. The Bertz CT molecular complexity index is 979. The van der Waals surface area contributed by atoms with Crippen molar-refractivity contribution < 1.29 is 19.1 Å². The molecule has 1 heterocycles. The number of likely N-dealkylation sites (tertiary alicyclic amines) is 1. The molecule has 9 heteroatoms. The normalized spacial score (nSPS) is 13.4. The summed E-state index contributed by atoms with van der Waals surface area (Å²) in [5.41, 5.74) is 1.56. The molecule has 2 aromatic carbocycles. The van der Waals surface area contributed by atoms with Gasteiger partial charge in [-0.2, -0.15) is 0 Å². The van der Waals surface area contributed by atoms with Crippen LogP contribution in [0, 0.1) is 0 Å². The number of piperidine rings is 1. The van der Waals surface area contributed by atoms with Gasteiger partial charge in [-0.25, -0.2) is 0 Å². The van der Waals surface area contributed by atoms with Gasteiger partial charge in [-0.15, -0.1) is 0 Å². The molecular formula is C23H26BrN3O4S. The van der Waals surface area contributed by atoms with Gasteiger partial charge in [0.2, 0.25) is 0 Å². The van der Waals surface area contributed by atoms with Gasteiger partial charge in [0.05, 0.1) is 12.2 Å². The van der Waals surface area contributed by atoms with Crippen LogP contribution in [0.1, 0.15) is 40.0 Å². The van der Waals surface area contributed by atoms with E-state index < -0.39 is 5.91 Å². The van der Waals surface area contributed by atoms with Crippen molar-refractivity contribution in [3.63, 3.8) is 0 Å². The first-order valence-electron chi connectivity index (χ1n) is 10.4. The highest BCUT2D eigenvalue weighted by Crippen LogP contribution is 2.23. The number of halogens is 1. The van der Waals surface area contributed by atoms with E-state index in [1.165, 1.54) is 0 Å². The van der Waals surface area contributed by atoms with Crippen molar-refractivity contribution >= 4 is 50.8 Å². The zero-order valence-electron chi connectivity index (χ0n) is 17.9. The molecule has 0 atom stereocenters. The standard InChI is InChI=1S/C23H26BrN3O4S/c1-30-12-13-31-20-9-8-17(24)15-19(20)21(28)26-23(32)25-18-7-5-6-16(14-18)22(29)27-10-3-2-4-11-27/h5-9,14-15H,2-4,10-13H2,1H3,(H2,25,26,28,32). The Labute approximate surface area is 201 Å². The molecule has 1 saturated heterocycles. The van der Waals surface area contributed by atoms with Crippen molar-refractivity contribution in [2.75, 3.05) is 38.7 Å². The SMILES string of the molecule is COCCOc1ccc(Br)cc1C(=O)NC(=S)Nc1cccc(C(=O)N2CCCCC2)c1. The lowest BCUT2D eigenvalue weighted by molar-refractivity contribution is 0.0724. The van der Waals surface area contributed by atoms with Crippen LogP contribution in [0.2, 0.25) is 0 Å². The number of benzene rings is 2. The van der Waals surface area contributed by atoms with E-state index in [0.717, 1.165) is 36.8 Å². The van der Waals surface area contributed by atoms with Crippen LogP contribution in [0.4, 0.5) is 5.69 Å². The average Bonchev–Trinajstić information content (AvgIpc) is 2.80. The number of rotatable bonds is 7. The van der Waals surface area contributed by atoms with E-state index in [9.17, 15) is 9.59 Å². The third-order valence-electron chi connectivity index (χ3n) is 4.97. The van der Waals surface area contributed by atoms with Gasteiger partial charge in [0.25, 0.3) is 11.8 Å². The first-order valence-corrected chi connectivity index (χ1v) is 11.6. The number of ether oxygens (including phenoxy) is 2. The Balaban J connectivity index is 1.64. The molecule has 2 amide bonds. The third kappa shape index (κ3) is 6.75. The fourth-order valence-corrected chi connectivity index (χ4v) is 3.95. The maximum Gasteiger partial charge on any atom is 0.261 e. The number of thiocarbonyl (C=S) groups is 1. The third-order valence-corrected chi connectivity index (χ3v) is 5.67. The number of methoxy groups -OCH3 is 1. The fourth-order valence-electron chi connectivity index (χ4n) is 3.38. The van der Waals surface area contributed by atoms with Crippen LogP contribution in [0.5, 0.6) is 5.75 Å². The van der Waals surface area contributed by atoms with Crippen LogP contribution < -0.4 is 15.4 Å². The minimum absolute atomic E-state index is 0.00953. The van der Waals surface area contributed by atoms with E-state index in [-0.39, 0.29) is 11.0 Å². The summed E-state index contributed by atoms with van der Waals surface area (Å²) in [5, 5.41) is 5.78. The number of nitrogens with zero attached hydrogens (tertiary/aromatic N) is 1. The Kier molecular flexibility index (Phi) is 9.01. The van der Waals surface area contributed by atoms with Crippen LogP contribution in [0.25, 0.3) is 0 Å². The van der Waals surface area contributed by atoms with Crippen LogP contribution in [0.15, 0.2) is 46.9 Å². The fraction of sp³-hybridized carbons (Fsp3) is 0.348. The van der Waals surface area contributed by atoms with Crippen LogP contribution in [-0.4, -0.2) is 55.2 Å².